The van der Waals surface area contributed by atoms with Gasteiger partial charge in [0.2, 0.25) is 0 Å². The van der Waals surface area contributed by atoms with Crippen LogP contribution in [0.15, 0.2) is 24.8 Å². The van der Waals surface area contributed by atoms with E-state index in [9.17, 15) is 0 Å². The lowest BCUT2D eigenvalue weighted by molar-refractivity contribution is 0.544. The minimum Gasteiger partial charge on any atom is -0.329 e. The Balaban J connectivity index is 2.91. The van der Waals surface area contributed by atoms with Crippen molar-refractivity contribution in [3.63, 3.8) is 0 Å². The van der Waals surface area contributed by atoms with Gasteiger partial charge in [-0.1, -0.05) is 23.8 Å². The van der Waals surface area contributed by atoms with Gasteiger partial charge in [0, 0.05) is 12.6 Å². The Bertz CT molecular complexity index is 360. The van der Waals surface area contributed by atoms with Crippen molar-refractivity contribution in [2.24, 2.45) is 5.73 Å². The summed E-state index contributed by atoms with van der Waals surface area (Å²) >= 11 is 0. The highest BCUT2D eigenvalue weighted by molar-refractivity contribution is 5.39. The zero-order chi connectivity index (χ0) is 12.8. The third-order valence-corrected chi connectivity index (χ3v) is 3.06. The van der Waals surface area contributed by atoms with Gasteiger partial charge in [-0.25, -0.2) is 0 Å². The summed E-state index contributed by atoms with van der Waals surface area (Å²) in [5.41, 5.74) is 11.2. The van der Waals surface area contributed by atoms with E-state index < -0.39 is 0 Å². The van der Waals surface area contributed by atoms with E-state index in [0.717, 1.165) is 13.0 Å². The van der Waals surface area contributed by atoms with Crippen LogP contribution in [0.1, 0.15) is 34.7 Å². The summed E-state index contributed by atoms with van der Waals surface area (Å²) in [6.07, 6.45) is 2.90. The quantitative estimate of drug-likeness (QED) is 0.584. The van der Waals surface area contributed by atoms with E-state index in [-0.39, 0.29) is 6.04 Å². The predicted octanol–water partition coefficient (Wildman–Crippen LogP) is 2.78. The Morgan fingerprint density at radius 1 is 1.29 bits per heavy atom. The Morgan fingerprint density at radius 3 is 2.35 bits per heavy atom. The van der Waals surface area contributed by atoms with Gasteiger partial charge in [0.05, 0.1) is 0 Å². The Hall–Kier alpha value is -1.12. The Morgan fingerprint density at radius 2 is 1.88 bits per heavy atom. The summed E-state index contributed by atoms with van der Waals surface area (Å²) in [6.45, 7) is 11.7. The molecule has 0 bridgehead atoms. The molecule has 1 aromatic carbocycles. The topological polar surface area (TPSA) is 38.0 Å². The molecule has 0 amide bonds. The van der Waals surface area contributed by atoms with Crippen molar-refractivity contribution in [1.29, 1.82) is 0 Å². The molecule has 3 N–H and O–H groups in total. The first-order valence-electron chi connectivity index (χ1n) is 6.22. The molecule has 17 heavy (non-hydrogen) atoms. The minimum atomic E-state index is 0.246. The molecule has 0 saturated heterocycles. The van der Waals surface area contributed by atoms with Gasteiger partial charge in [-0.3, -0.25) is 0 Å². The predicted molar refractivity (Wildman–Crippen MR) is 75.3 cm³/mol. The highest BCUT2D eigenvalue weighted by atomic mass is 14.9. The van der Waals surface area contributed by atoms with Crippen molar-refractivity contribution in [2.45, 2.75) is 33.2 Å². The molecule has 0 aliphatic heterocycles. The number of rotatable bonds is 6. The molecule has 1 aromatic rings. The molecular weight excluding hydrogens is 208 g/mol. The smallest absolute Gasteiger partial charge is 0.0449 e. The summed E-state index contributed by atoms with van der Waals surface area (Å²) < 4.78 is 0. The lowest BCUT2D eigenvalue weighted by Crippen LogP contribution is -2.30. The molecule has 0 aliphatic rings. The lowest BCUT2D eigenvalue weighted by atomic mass is 9.94. The van der Waals surface area contributed by atoms with E-state index >= 15 is 0 Å². The van der Waals surface area contributed by atoms with Crippen LogP contribution in [0, 0.1) is 20.8 Å². The maximum Gasteiger partial charge on any atom is 0.0449 e. The standard InChI is InChI=1S/C15H24N2/c1-5-6-7-17-14(10-16)15-12(3)8-11(2)9-13(15)4/h5,8-9,14,17H,1,6-7,10,16H2,2-4H3. The summed E-state index contributed by atoms with van der Waals surface area (Å²) in [5.74, 6) is 0. The van der Waals surface area contributed by atoms with E-state index in [1.165, 1.54) is 22.3 Å². The summed E-state index contributed by atoms with van der Waals surface area (Å²) in [5, 5.41) is 3.49. The van der Waals surface area contributed by atoms with Crippen LogP contribution in [0.4, 0.5) is 0 Å². The van der Waals surface area contributed by atoms with Crippen molar-refractivity contribution in [3.8, 4) is 0 Å². The van der Waals surface area contributed by atoms with Crippen molar-refractivity contribution in [3.05, 3.63) is 47.0 Å². The van der Waals surface area contributed by atoms with Crippen molar-refractivity contribution in [2.75, 3.05) is 13.1 Å². The van der Waals surface area contributed by atoms with Crippen LogP contribution >= 0.6 is 0 Å². The maximum absolute atomic E-state index is 5.87. The fraction of sp³-hybridized carbons (Fsp3) is 0.467. The Labute approximate surface area is 105 Å². The van der Waals surface area contributed by atoms with Crippen LogP contribution in [0.2, 0.25) is 0 Å². The van der Waals surface area contributed by atoms with Crippen LogP contribution in [0.25, 0.3) is 0 Å². The van der Waals surface area contributed by atoms with E-state index in [1.54, 1.807) is 0 Å². The number of benzene rings is 1. The number of aryl methyl sites for hydroxylation is 3. The van der Waals surface area contributed by atoms with Gasteiger partial charge in [0.1, 0.15) is 0 Å². The first-order valence-corrected chi connectivity index (χ1v) is 6.22. The molecule has 0 aliphatic carbocycles. The highest BCUT2D eigenvalue weighted by Gasteiger charge is 2.14. The van der Waals surface area contributed by atoms with Crippen LogP contribution in [0.3, 0.4) is 0 Å². The fourth-order valence-corrected chi connectivity index (χ4v) is 2.40. The second kappa shape index (κ2) is 6.58. The molecular formula is C15H24N2. The van der Waals surface area contributed by atoms with Crippen LogP contribution < -0.4 is 11.1 Å². The fourth-order valence-electron chi connectivity index (χ4n) is 2.40. The zero-order valence-electron chi connectivity index (χ0n) is 11.2. The molecule has 0 heterocycles. The van der Waals surface area contributed by atoms with Crippen LogP contribution in [0.5, 0.6) is 0 Å². The molecule has 0 saturated carbocycles. The normalized spacial score (nSPS) is 12.5. The van der Waals surface area contributed by atoms with Gasteiger partial charge in [-0.05, 0) is 50.4 Å². The second-order valence-electron chi connectivity index (χ2n) is 4.63. The minimum absolute atomic E-state index is 0.246. The van der Waals surface area contributed by atoms with Gasteiger partial charge < -0.3 is 11.1 Å². The summed E-state index contributed by atoms with van der Waals surface area (Å²) in [7, 11) is 0. The molecule has 0 radical (unpaired) electrons. The first kappa shape index (κ1) is 13.9. The lowest BCUT2D eigenvalue weighted by Gasteiger charge is -2.22. The number of hydrogen-bond donors (Lipinski definition) is 2. The molecule has 1 rings (SSSR count). The monoisotopic (exact) mass is 232 g/mol. The van der Waals surface area contributed by atoms with Gasteiger partial charge in [0.15, 0.2) is 0 Å². The van der Waals surface area contributed by atoms with Crippen LogP contribution in [-0.2, 0) is 0 Å². The molecule has 0 aromatic heterocycles. The average Bonchev–Trinajstić information content (AvgIpc) is 2.25. The van der Waals surface area contributed by atoms with Crippen molar-refractivity contribution in [1.82, 2.24) is 5.32 Å². The van der Waals surface area contributed by atoms with Crippen molar-refractivity contribution < 1.29 is 0 Å². The third-order valence-electron chi connectivity index (χ3n) is 3.06. The molecule has 0 fully saturated rings. The van der Waals surface area contributed by atoms with Crippen LogP contribution in [-0.4, -0.2) is 13.1 Å². The number of nitrogens with two attached hydrogens (primary N) is 1. The van der Waals surface area contributed by atoms with E-state index in [2.05, 4.69) is 44.8 Å². The Kier molecular flexibility index (Phi) is 5.39. The van der Waals surface area contributed by atoms with E-state index in [4.69, 9.17) is 5.73 Å². The van der Waals surface area contributed by atoms with Gasteiger partial charge in [0.25, 0.3) is 0 Å². The molecule has 94 valence electrons. The molecule has 0 spiro atoms. The number of hydrogen-bond acceptors (Lipinski definition) is 2. The molecule has 1 atom stereocenters. The first-order chi connectivity index (χ1) is 8.10. The summed E-state index contributed by atoms with van der Waals surface area (Å²) in [6, 6.07) is 4.69. The maximum atomic E-state index is 5.87. The zero-order valence-corrected chi connectivity index (χ0v) is 11.2. The average molecular weight is 232 g/mol. The number of nitrogens with one attached hydrogen (secondary N) is 1. The van der Waals surface area contributed by atoms with E-state index in [0.29, 0.717) is 6.54 Å². The molecule has 1 unspecified atom stereocenters. The third kappa shape index (κ3) is 3.69. The van der Waals surface area contributed by atoms with Gasteiger partial charge in [-0.2, -0.15) is 0 Å². The largest absolute Gasteiger partial charge is 0.329 e. The molecule has 2 heteroatoms. The summed E-state index contributed by atoms with van der Waals surface area (Å²) in [4.78, 5) is 0. The highest BCUT2D eigenvalue weighted by Crippen LogP contribution is 2.22. The SMILES string of the molecule is C=CCCNC(CN)c1c(C)cc(C)cc1C. The van der Waals surface area contributed by atoms with Gasteiger partial charge >= 0.3 is 0 Å². The molecule has 2 nitrogen and oxygen atoms in total. The van der Waals surface area contributed by atoms with Crippen molar-refractivity contribution >= 4 is 0 Å². The van der Waals surface area contributed by atoms with Gasteiger partial charge in [-0.15, -0.1) is 6.58 Å². The second-order valence-corrected chi connectivity index (χ2v) is 4.63. The van der Waals surface area contributed by atoms with E-state index in [1.807, 2.05) is 6.08 Å².